The van der Waals surface area contributed by atoms with E-state index in [0.29, 0.717) is 18.2 Å². The van der Waals surface area contributed by atoms with Crippen molar-refractivity contribution in [1.29, 1.82) is 0 Å². The zero-order chi connectivity index (χ0) is 28.3. The number of carboxylic acids is 1. The van der Waals surface area contributed by atoms with Crippen LogP contribution in [0.5, 0.6) is 0 Å². The maximum absolute atomic E-state index is 13.8. The van der Waals surface area contributed by atoms with E-state index in [0.717, 1.165) is 25.7 Å². The second-order valence-corrected chi connectivity index (χ2v) is 17.3. The van der Waals surface area contributed by atoms with Crippen LogP contribution in [-0.4, -0.2) is 47.9 Å². The van der Waals surface area contributed by atoms with Crippen molar-refractivity contribution < 1.29 is 19.1 Å². The molecule has 1 amide bonds. The number of carbonyl (C=O) groups excluding carboxylic acids is 1. The second-order valence-electron chi connectivity index (χ2n) is 11.8. The summed E-state index contributed by atoms with van der Waals surface area (Å²) in [6.45, 7) is 13.2. The lowest BCUT2D eigenvalue weighted by atomic mass is 9.77. The van der Waals surface area contributed by atoms with Gasteiger partial charge in [0.05, 0.1) is 12.6 Å². The number of aromatic nitrogens is 2. The first-order chi connectivity index (χ1) is 17.7. The normalized spacial score (nSPS) is 19.2. The molecule has 1 aliphatic rings. The van der Waals surface area contributed by atoms with Gasteiger partial charge in [-0.3, -0.25) is 9.59 Å². The SMILES string of the molecule is CC(CN(C(=O)c1c(Cl)ncnc1Cl)c1ccc([C@H]2CC[C@H](CC(=O)O)CC2)cc1)O[Si](C)(C)C(C)(C)C. The summed E-state index contributed by atoms with van der Waals surface area (Å²) in [5.74, 6) is -0.474. The molecule has 1 saturated carbocycles. The molecule has 1 N–H and O–H groups in total. The van der Waals surface area contributed by atoms with Gasteiger partial charge in [-0.05, 0) is 80.3 Å². The van der Waals surface area contributed by atoms with Gasteiger partial charge < -0.3 is 14.4 Å². The average Bonchev–Trinajstić information content (AvgIpc) is 2.81. The summed E-state index contributed by atoms with van der Waals surface area (Å²) in [7, 11) is -2.07. The van der Waals surface area contributed by atoms with Gasteiger partial charge in [-0.25, -0.2) is 9.97 Å². The lowest BCUT2D eigenvalue weighted by Crippen LogP contribution is -2.47. The van der Waals surface area contributed by atoms with Crippen molar-refractivity contribution in [2.45, 2.75) is 90.0 Å². The van der Waals surface area contributed by atoms with Gasteiger partial charge in [0.1, 0.15) is 22.2 Å². The fraction of sp³-hybridized carbons (Fsp3) is 0.571. The predicted molar refractivity (Wildman–Crippen MR) is 155 cm³/mol. The molecule has 0 spiro atoms. The van der Waals surface area contributed by atoms with Gasteiger partial charge in [0.15, 0.2) is 8.32 Å². The molecule has 3 rings (SSSR count). The van der Waals surface area contributed by atoms with Gasteiger partial charge >= 0.3 is 5.97 Å². The molecule has 208 valence electrons. The summed E-state index contributed by atoms with van der Waals surface area (Å²) < 4.78 is 6.56. The number of amides is 1. The Balaban J connectivity index is 1.85. The minimum atomic E-state index is -2.07. The highest BCUT2D eigenvalue weighted by Gasteiger charge is 2.39. The summed E-state index contributed by atoms with van der Waals surface area (Å²) in [5, 5.41) is 9.14. The van der Waals surface area contributed by atoms with Crippen LogP contribution in [0, 0.1) is 5.92 Å². The summed E-state index contributed by atoms with van der Waals surface area (Å²) >= 11 is 12.6. The molecular formula is C28H39Cl2N3O4Si. The molecule has 1 aliphatic carbocycles. The van der Waals surface area contributed by atoms with Crippen LogP contribution in [0.3, 0.4) is 0 Å². The van der Waals surface area contributed by atoms with E-state index in [9.17, 15) is 9.59 Å². The minimum absolute atomic E-state index is 0.00714. The molecule has 7 nitrogen and oxygen atoms in total. The number of carbonyl (C=O) groups is 2. The summed E-state index contributed by atoms with van der Waals surface area (Å²) in [5.41, 5.74) is 1.97. The van der Waals surface area contributed by atoms with Gasteiger partial charge in [-0.15, -0.1) is 0 Å². The lowest BCUT2D eigenvalue weighted by Gasteiger charge is -2.39. The Labute approximate surface area is 237 Å². The largest absolute Gasteiger partial charge is 0.481 e. The molecule has 1 aromatic carbocycles. The van der Waals surface area contributed by atoms with Crippen molar-refractivity contribution >= 4 is 49.1 Å². The second kappa shape index (κ2) is 12.5. The van der Waals surface area contributed by atoms with E-state index >= 15 is 0 Å². The predicted octanol–water partition coefficient (Wildman–Crippen LogP) is 7.59. The number of halogens is 2. The highest BCUT2D eigenvalue weighted by atomic mass is 35.5. The van der Waals surface area contributed by atoms with E-state index < -0.39 is 14.3 Å². The Morgan fingerprint density at radius 2 is 1.63 bits per heavy atom. The standard InChI is InChI=1S/C28H39Cl2N3O4Si/c1-18(37-38(5,6)28(2,3)4)16-33(27(36)24-25(29)31-17-32-26(24)30)22-13-11-21(12-14-22)20-9-7-19(8-10-20)15-23(34)35/h11-14,17-20H,7-10,15-16H2,1-6H3,(H,34,35)/t18?,19-,20-. The molecule has 0 saturated heterocycles. The molecule has 0 aliphatic heterocycles. The fourth-order valence-electron chi connectivity index (χ4n) is 4.81. The first kappa shape index (κ1) is 30.5. The first-order valence-corrected chi connectivity index (χ1v) is 16.8. The zero-order valence-corrected chi connectivity index (χ0v) is 25.6. The number of carboxylic acid groups (broad SMARTS) is 1. The van der Waals surface area contributed by atoms with Crippen molar-refractivity contribution in [3.05, 3.63) is 52.0 Å². The molecule has 0 radical (unpaired) electrons. The fourth-order valence-corrected chi connectivity index (χ4v) is 6.72. The van der Waals surface area contributed by atoms with E-state index in [2.05, 4.69) is 56.0 Å². The number of nitrogens with zero attached hydrogens (tertiary/aromatic N) is 3. The van der Waals surface area contributed by atoms with E-state index in [1.807, 2.05) is 19.1 Å². The zero-order valence-electron chi connectivity index (χ0n) is 23.1. The molecule has 10 heteroatoms. The van der Waals surface area contributed by atoms with Crippen molar-refractivity contribution in [1.82, 2.24) is 9.97 Å². The van der Waals surface area contributed by atoms with Crippen LogP contribution in [0.1, 0.15) is 81.6 Å². The van der Waals surface area contributed by atoms with Crippen LogP contribution in [0.2, 0.25) is 28.4 Å². The number of hydrogen-bond donors (Lipinski definition) is 1. The third-order valence-corrected chi connectivity index (χ3v) is 13.1. The Bertz CT molecular complexity index is 1110. The van der Waals surface area contributed by atoms with Crippen molar-refractivity contribution in [3.8, 4) is 0 Å². The smallest absolute Gasteiger partial charge is 0.303 e. The molecule has 2 aromatic rings. The molecule has 1 aromatic heterocycles. The van der Waals surface area contributed by atoms with Gasteiger partial charge in [-0.2, -0.15) is 0 Å². The quantitative estimate of drug-likeness (QED) is 0.243. The summed E-state index contributed by atoms with van der Waals surface area (Å²) in [6, 6.07) is 8.01. The number of hydrogen-bond acceptors (Lipinski definition) is 5. The van der Waals surface area contributed by atoms with E-state index in [1.54, 1.807) is 4.90 Å². The van der Waals surface area contributed by atoms with Crippen LogP contribution in [0.25, 0.3) is 0 Å². The third kappa shape index (κ3) is 7.55. The Morgan fingerprint density at radius 3 is 2.13 bits per heavy atom. The first-order valence-electron chi connectivity index (χ1n) is 13.2. The van der Waals surface area contributed by atoms with Crippen LogP contribution in [0.4, 0.5) is 5.69 Å². The number of aliphatic carboxylic acids is 1. The van der Waals surface area contributed by atoms with E-state index in [-0.39, 0.29) is 45.3 Å². The maximum Gasteiger partial charge on any atom is 0.303 e. The van der Waals surface area contributed by atoms with Crippen molar-refractivity contribution in [2.24, 2.45) is 5.92 Å². The van der Waals surface area contributed by atoms with Crippen LogP contribution < -0.4 is 4.90 Å². The van der Waals surface area contributed by atoms with Gasteiger partial charge in [0.2, 0.25) is 0 Å². The number of benzene rings is 1. The number of anilines is 1. The molecule has 38 heavy (non-hydrogen) atoms. The van der Waals surface area contributed by atoms with E-state index in [4.69, 9.17) is 32.7 Å². The Kier molecular flexibility index (Phi) is 10.0. The van der Waals surface area contributed by atoms with Gasteiger partial charge in [0.25, 0.3) is 5.91 Å². The highest BCUT2D eigenvalue weighted by molar-refractivity contribution is 6.74. The monoisotopic (exact) mass is 579 g/mol. The Morgan fingerprint density at radius 1 is 1.08 bits per heavy atom. The lowest BCUT2D eigenvalue weighted by molar-refractivity contribution is -0.138. The van der Waals surface area contributed by atoms with Crippen molar-refractivity contribution in [3.63, 3.8) is 0 Å². The molecule has 1 fully saturated rings. The molecule has 0 bridgehead atoms. The number of rotatable bonds is 9. The van der Waals surface area contributed by atoms with Gasteiger partial charge in [0, 0.05) is 12.1 Å². The van der Waals surface area contributed by atoms with Crippen LogP contribution in [0.15, 0.2) is 30.6 Å². The van der Waals surface area contributed by atoms with Gasteiger partial charge in [-0.1, -0.05) is 56.1 Å². The maximum atomic E-state index is 13.8. The molecule has 1 unspecified atom stereocenters. The molecule has 1 atom stereocenters. The highest BCUT2D eigenvalue weighted by Crippen LogP contribution is 2.39. The third-order valence-electron chi connectivity index (χ3n) is 7.94. The Hall–Kier alpha value is -2.00. The molecular weight excluding hydrogens is 541 g/mol. The molecule has 1 heterocycles. The summed E-state index contributed by atoms with van der Waals surface area (Å²) in [6.07, 6.45) is 4.99. The topological polar surface area (TPSA) is 92.6 Å². The van der Waals surface area contributed by atoms with E-state index in [1.165, 1.54) is 11.9 Å². The summed E-state index contributed by atoms with van der Waals surface area (Å²) in [4.78, 5) is 34.4. The van der Waals surface area contributed by atoms with Crippen molar-refractivity contribution in [2.75, 3.05) is 11.4 Å². The minimum Gasteiger partial charge on any atom is -0.481 e. The van der Waals surface area contributed by atoms with Crippen LogP contribution >= 0.6 is 23.2 Å². The van der Waals surface area contributed by atoms with Crippen LogP contribution in [-0.2, 0) is 9.22 Å². The average molecular weight is 581 g/mol.